The fourth-order valence-corrected chi connectivity index (χ4v) is 4.58. The van der Waals surface area contributed by atoms with Gasteiger partial charge < -0.3 is 19.7 Å². The highest BCUT2D eigenvalue weighted by atomic mass is 16.6. The van der Waals surface area contributed by atoms with Crippen LogP contribution in [0.1, 0.15) is 48.7 Å². The predicted octanol–water partition coefficient (Wildman–Crippen LogP) is 4.86. The SMILES string of the molecule is CC[C@H]1CCCCN1C(=O)c1cnc2nc(C)ccc2c1Nc1ccc2c(c1)OCCO2. The number of rotatable bonds is 4. The zero-order valence-electron chi connectivity index (χ0n) is 18.6. The molecule has 1 saturated heterocycles. The molecule has 0 spiro atoms. The summed E-state index contributed by atoms with van der Waals surface area (Å²) in [5.41, 5.74) is 3.62. The molecule has 0 aliphatic carbocycles. The maximum atomic E-state index is 13.7. The van der Waals surface area contributed by atoms with Gasteiger partial charge in [0.05, 0.1) is 11.3 Å². The highest BCUT2D eigenvalue weighted by molar-refractivity contribution is 6.07. The maximum Gasteiger partial charge on any atom is 0.257 e. The Kier molecular flexibility index (Phi) is 5.55. The van der Waals surface area contributed by atoms with E-state index in [4.69, 9.17) is 9.47 Å². The van der Waals surface area contributed by atoms with Gasteiger partial charge in [0.15, 0.2) is 17.1 Å². The Bertz CT molecular complexity index is 1160. The van der Waals surface area contributed by atoms with Crippen molar-refractivity contribution in [3.05, 3.63) is 47.8 Å². The van der Waals surface area contributed by atoms with Crippen LogP contribution >= 0.6 is 0 Å². The number of ether oxygens (including phenoxy) is 2. The van der Waals surface area contributed by atoms with Gasteiger partial charge in [0.2, 0.25) is 0 Å². The topological polar surface area (TPSA) is 76.6 Å². The van der Waals surface area contributed by atoms with E-state index in [1.165, 1.54) is 6.42 Å². The summed E-state index contributed by atoms with van der Waals surface area (Å²) in [4.78, 5) is 24.8. The average Bonchev–Trinajstić information content (AvgIpc) is 2.83. The first-order valence-electron chi connectivity index (χ1n) is 11.4. The van der Waals surface area contributed by atoms with Crippen molar-refractivity contribution in [3.8, 4) is 11.5 Å². The molecule has 0 unspecified atom stereocenters. The normalized spacial score (nSPS) is 17.9. The number of hydrogen-bond donors (Lipinski definition) is 1. The molecule has 1 amide bonds. The van der Waals surface area contributed by atoms with Crippen LogP contribution in [0.25, 0.3) is 11.0 Å². The summed E-state index contributed by atoms with van der Waals surface area (Å²) in [5, 5.41) is 4.30. The van der Waals surface area contributed by atoms with Crippen molar-refractivity contribution in [2.75, 3.05) is 25.1 Å². The molecule has 1 aromatic carbocycles. The summed E-state index contributed by atoms with van der Waals surface area (Å²) in [6.45, 7) is 5.94. The number of nitrogens with zero attached hydrogens (tertiary/aromatic N) is 3. The number of benzene rings is 1. The third-order valence-corrected chi connectivity index (χ3v) is 6.27. The van der Waals surface area contributed by atoms with Crippen LogP contribution in [0.2, 0.25) is 0 Å². The summed E-state index contributed by atoms with van der Waals surface area (Å²) >= 11 is 0. The van der Waals surface area contributed by atoms with E-state index in [0.717, 1.165) is 54.0 Å². The van der Waals surface area contributed by atoms with Crippen LogP contribution in [0, 0.1) is 6.92 Å². The minimum atomic E-state index is 0.0200. The summed E-state index contributed by atoms with van der Waals surface area (Å²) in [7, 11) is 0. The molecule has 0 radical (unpaired) electrons. The number of aryl methyl sites for hydroxylation is 1. The van der Waals surface area contributed by atoms with Crippen LogP contribution in [0.4, 0.5) is 11.4 Å². The average molecular weight is 433 g/mol. The Labute approximate surface area is 187 Å². The van der Waals surface area contributed by atoms with Gasteiger partial charge in [-0.15, -0.1) is 0 Å². The zero-order valence-corrected chi connectivity index (χ0v) is 18.6. The molecule has 0 bridgehead atoms. The van der Waals surface area contributed by atoms with Crippen molar-refractivity contribution in [1.29, 1.82) is 0 Å². The molecule has 5 rings (SSSR count). The minimum absolute atomic E-state index is 0.0200. The lowest BCUT2D eigenvalue weighted by Gasteiger charge is -2.35. The summed E-state index contributed by atoms with van der Waals surface area (Å²) in [6, 6.07) is 9.93. The first-order valence-corrected chi connectivity index (χ1v) is 11.4. The number of pyridine rings is 2. The van der Waals surface area contributed by atoms with E-state index in [1.807, 2.05) is 42.2 Å². The molecular weight excluding hydrogens is 404 g/mol. The number of nitrogens with one attached hydrogen (secondary N) is 1. The molecule has 2 aliphatic rings. The largest absolute Gasteiger partial charge is 0.486 e. The highest BCUT2D eigenvalue weighted by Crippen LogP contribution is 2.36. The molecule has 2 aromatic heterocycles. The van der Waals surface area contributed by atoms with Crippen LogP contribution in [-0.4, -0.2) is 46.6 Å². The first-order chi connectivity index (χ1) is 15.6. The Morgan fingerprint density at radius 2 is 2.00 bits per heavy atom. The number of aromatic nitrogens is 2. The second-order valence-corrected chi connectivity index (χ2v) is 8.41. The molecule has 7 heteroatoms. The molecule has 2 aliphatic heterocycles. The maximum absolute atomic E-state index is 13.7. The summed E-state index contributed by atoms with van der Waals surface area (Å²) in [5.74, 6) is 1.45. The van der Waals surface area contributed by atoms with Gasteiger partial charge in [-0.1, -0.05) is 6.92 Å². The van der Waals surface area contributed by atoms with Crippen LogP contribution < -0.4 is 14.8 Å². The second-order valence-electron chi connectivity index (χ2n) is 8.41. The van der Waals surface area contributed by atoms with E-state index in [2.05, 4.69) is 22.2 Å². The lowest BCUT2D eigenvalue weighted by atomic mass is 9.98. The zero-order chi connectivity index (χ0) is 22.1. The fourth-order valence-electron chi connectivity index (χ4n) is 4.58. The van der Waals surface area contributed by atoms with Gasteiger partial charge in [-0.3, -0.25) is 4.79 Å². The molecule has 0 saturated carbocycles. The summed E-state index contributed by atoms with van der Waals surface area (Å²) in [6.07, 6.45) is 5.88. The Morgan fingerprint density at radius 1 is 1.16 bits per heavy atom. The fraction of sp³-hybridized carbons (Fsp3) is 0.400. The van der Waals surface area contributed by atoms with Crippen LogP contribution in [0.15, 0.2) is 36.5 Å². The van der Waals surface area contributed by atoms with Gasteiger partial charge in [-0.25, -0.2) is 9.97 Å². The van der Waals surface area contributed by atoms with Crippen molar-refractivity contribution in [2.45, 2.75) is 45.6 Å². The van der Waals surface area contributed by atoms with E-state index in [1.54, 1.807) is 6.20 Å². The number of carbonyl (C=O) groups is 1. The quantitative estimate of drug-likeness (QED) is 0.635. The van der Waals surface area contributed by atoms with E-state index < -0.39 is 0 Å². The van der Waals surface area contributed by atoms with Crippen molar-refractivity contribution < 1.29 is 14.3 Å². The van der Waals surface area contributed by atoms with Crippen LogP contribution in [0.3, 0.4) is 0 Å². The molecule has 7 nitrogen and oxygen atoms in total. The lowest BCUT2D eigenvalue weighted by Crippen LogP contribution is -2.43. The lowest BCUT2D eigenvalue weighted by molar-refractivity contribution is 0.0609. The molecule has 32 heavy (non-hydrogen) atoms. The molecular formula is C25H28N4O3. The standard InChI is InChI=1S/C25H28N4O3/c1-3-18-6-4-5-11-29(18)25(30)20-15-26-24-19(9-7-16(2)27-24)23(20)28-17-8-10-21-22(14-17)32-13-12-31-21/h7-10,14-15,18H,3-6,11-13H2,1-2H3,(H,26,27,28)/t18-/m0/s1. The first kappa shape index (κ1) is 20.5. The van der Waals surface area contributed by atoms with E-state index >= 15 is 0 Å². The molecule has 1 fully saturated rings. The number of carbonyl (C=O) groups excluding carboxylic acids is 1. The number of anilines is 2. The van der Waals surface area contributed by atoms with Gasteiger partial charge >= 0.3 is 0 Å². The molecule has 4 heterocycles. The molecule has 3 aromatic rings. The minimum Gasteiger partial charge on any atom is -0.486 e. The van der Waals surface area contributed by atoms with Gasteiger partial charge in [0, 0.05) is 41.6 Å². The third kappa shape index (κ3) is 3.83. The van der Waals surface area contributed by atoms with Gasteiger partial charge in [-0.05, 0) is 56.9 Å². The highest BCUT2D eigenvalue weighted by Gasteiger charge is 2.29. The number of amides is 1. The van der Waals surface area contributed by atoms with Gasteiger partial charge in [0.25, 0.3) is 5.91 Å². The Morgan fingerprint density at radius 3 is 2.84 bits per heavy atom. The van der Waals surface area contributed by atoms with Gasteiger partial charge in [-0.2, -0.15) is 0 Å². The third-order valence-electron chi connectivity index (χ3n) is 6.27. The summed E-state index contributed by atoms with van der Waals surface area (Å²) < 4.78 is 11.4. The molecule has 1 atom stereocenters. The number of fused-ring (bicyclic) bond motifs is 2. The van der Waals surface area contributed by atoms with E-state index in [9.17, 15) is 4.79 Å². The van der Waals surface area contributed by atoms with E-state index in [-0.39, 0.29) is 11.9 Å². The Hall–Kier alpha value is -3.35. The Balaban J connectivity index is 1.58. The monoisotopic (exact) mass is 432 g/mol. The molecule has 1 N–H and O–H groups in total. The predicted molar refractivity (Wildman–Crippen MR) is 124 cm³/mol. The van der Waals surface area contributed by atoms with Crippen molar-refractivity contribution >= 4 is 28.3 Å². The van der Waals surface area contributed by atoms with Crippen LogP contribution in [-0.2, 0) is 0 Å². The van der Waals surface area contributed by atoms with Crippen molar-refractivity contribution in [3.63, 3.8) is 0 Å². The number of likely N-dealkylation sites (tertiary alicyclic amines) is 1. The molecule has 166 valence electrons. The smallest absolute Gasteiger partial charge is 0.257 e. The van der Waals surface area contributed by atoms with Gasteiger partial charge in [0.1, 0.15) is 13.2 Å². The van der Waals surface area contributed by atoms with Crippen molar-refractivity contribution in [2.24, 2.45) is 0 Å². The van der Waals surface area contributed by atoms with E-state index in [0.29, 0.717) is 30.2 Å². The number of hydrogen-bond acceptors (Lipinski definition) is 6. The van der Waals surface area contributed by atoms with Crippen molar-refractivity contribution in [1.82, 2.24) is 14.9 Å². The number of piperidine rings is 1. The second kappa shape index (κ2) is 8.65. The van der Waals surface area contributed by atoms with Crippen LogP contribution in [0.5, 0.6) is 11.5 Å².